The van der Waals surface area contributed by atoms with E-state index in [0.717, 1.165) is 11.3 Å². The van der Waals surface area contributed by atoms with E-state index in [2.05, 4.69) is 22.8 Å². The number of fused-ring (bicyclic) bond motifs is 1. The van der Waals surface area contributed by atoms with Crippen molar-refractivity contribution in [1.82, 2.24) is 0 Å². The fraction of sp³-hybridized carbons (Fsp3) is 0.409. The van der Waals surface area contributed by atoms with E-state index in [0.29, 0.717) is 29.5 Å². The normalized spacial score (nSPS) is 19.1. The molecule has 0 aromatic heterocycles. The third-order valence-electron chi connectivity index (χ3n) is 5.58. The lowest BCUT2D eigenvalue weighted by molar-refractivity contribution is 0.102. The summed E-state index contributed by atoms with van der Waals surface area (Å²) < 4.78 is 5.68. The highest BCUT2D eigenvalue weighted by molar-refractivity contribution is 6.05. The predicted octanol–water partition coefficient (Wildman–Crippen LogP) is 4.07. The van der Waals surface area contributed by atoms with Crippen LogP contribution < -0.4 is 15.4 Å². The molecule has 0 bridgehead atoms. The molecule has 1 fully saturated rings. The standard InChI is InChI=1S/C22H26N2O3/c1-14-10-16(15-4-2-3-5-15)6-8-19(14)22(26)24-17-7-9-20-21(11-17)27-13-18(12-25)23-20/h6-11,15,18,23,25H,2-5,12-13H2,1H3,(H,24,26). The Kier molecular flexibility index (Phi) is 5.03. The molecule has 3 N–H and O–H groups in total. The molecule has 0 saturated heterocycles. The number of aliphatic hydroxyl groups excluding tert-OH is 1. The average Bonchev–Trinajstić information content (AvgIpc) is 3.22. The minimum Gasteiger partial charge on any atom is -0.489 e. The van der Waals surface area contributed by atoms with E-state index in [4.69, 9.17) is 4.74 Å². The van der Waals surface area contributed by atoms with E-state index in [1.54, 1.807) is 0 Å². The second-order valence-electron chi connectivity index (χ2n) is 7.56. The van der Waals surface area contributed by atoms with Crippen LogP contribution in [-0.4, -0.2) is 30.3 Å². The van der Waals surface area contributed by atoms with Gasteiger partial charge in [0.25, 0.3) is 5.91 Å². The Bertz CT molecular complexity index is 843. The first kappa shape index (κ1) is 17.9. The third kappa shape index (κ3) is 3.78. The largest absolute Gasteiger partial charge is 0.489 e. The van der Waals surface area contributed by atoms with Gasteiger partial charge in [0.1, 0.15) is 12.4 Å². The van der Waals surface area contributed by atoms with Crippen LogP contribution in [0.25, 0.3) is 0 Å². The Morgan fingerprint density at radius 2 is 2.04 bits per heavy atom. The van der Waals surface area contributed by atoms with Crippen LogP contribution in [0.15, 0.2) is 36.4 Å². The molecule has 0 spiro atoms. The van der Waals surface area contributed by atoms with Gasteiger partial charge in [0.05, 0.1) is 18.3 Å². The van der Waals surface area contributed by atoms with Crippen LogP contribution in [0, 0.1) is 6.92 Å². The van der Waals surface area contributed by atoms with Crippen LogP contribution >= 0.6 is 0 Å². The molecule has 1 heterocycles. The zero-order chi connectivity index (χ0) is 18.8. The maximum Gasteiger partial charge on any atom is 0.255 e. The Labute approximate surface area is 159 Å². The van der Waals surface area contributed by atoms with Gasteiger partial charge in [-0.1, -0.05) is 25.0 Å². The Hall–Kier alpha value is -2.53. The van der Waals surface area contributed by atoms with Gasteiger partial charge in [0.15, 0.2) is 0 Å². The van der Waals surface area contributed by atoms with Gasteiger partial charge in [0, 0.05) is 17.3 Å². The van der Waals surface area contributed by atoms with E-state index in [1.165, 1.54) is 31.2 Å². The van der Waals surface area contributed by atoms with Gasteiger partial charge < -0.3 is 20.5 Å². The van der Waals surface area contributed by atoms with Crippen molar-refractivity contribution in [2.45, 2.75) is 44.6 Å². The molecule has 2 aliphatic rings. The number of carbonyl (C=O) groups is 1. The van der Waals surface area contributed by atoms with Gasteiger partial charge in [-0.3, -0.25) is 4.79 Å². The Balaban J connectivity index is 1.47. The number of ether oxygens (including phenoxy) is 1. The van der Waals surface area contributed by atoms with Crippen LogP contribution in [0.3, 0.4) is 0 Å². The molecule has 5 heteroatoms. The monoisotopic (exact) mass is 366 g/mol. The summed E-state index contributed by atoms with van der Waals surface area (Å²) in [5, 5.41) is 15.4. The first-order valence-corrected chi connectivity index (χ1v) is 9.70. The molecule has 1 saturated carbocycles. The molecular formula is C22H26N2O3. The molecule has 0 radical (unpaired) electrons. The molecule has 1 unspecified atom stereocenters. The predicted molar refractivity (Wildman–Crippen MR) is 107 cm³/mol. The molecular weight excluding hydrogens is 340 g/mol. The van der Waals surface area contributed by atoms with E-state index >= 15 is 0 Å². The number of aryl methyl sites for hydroxylation is 1. The second-order valence-corrected chi connectivity index (χ2v) is 7.56. The Morgan fingerprint density at radius 3 is 2.78 bits per heavy atom. The zero-order valence-electron chi connectivity index (χ0n) is 15.6. The van der Waals surface area contributed by atoms with Crippen molar-refractivity contribution in [3.63, 3.8) is 0 Å². The molecule has 5 nitrogen and oxygen atoms in total. The lowest BCUT2D eigenvalue weighted by Gasteiger charge is -2.26. The number of benzene rings is 2. The number of nitrogens with one attached hydrogen (secondary N) is 2. The fourth-order valence-corrected chi connectivity index (χ4v) is 4.04. The van der Waals surface area contributed by atoms with E-state index in [9.17, 15) is 9.90 Å². The quantitative estimate of drug-likeness (QED) is 0.763. The summed E-state index contributed by atoms with van der Waals surface area (Å²) in [6, 6.07) is 11.6. The highest BCUT2D eigenvalue weighted by Crippen LogP contribution is 2.35. The van der Waals surface area contributed by atoms with Crippen LogP contribution in [0.5, 0.6) is 5.75 Å². The zero-order valence-corrected chi connectivity index (χ0v) is 15.6. The van der Waals surface area contributed by atoms with Crippen molar-refractivity contribution >= 4 is 17.3 Å². The average molecular weight is 366 g/mol. The first-order chi connectivity index (χ1) is 13.1. The third-order valence-corrected chi connectivity index (χ3v) is 5.58. The van der Waals surface area contributed by atoms with E-state index < -0.39 is 0 Å². The van der Waals surface area contributed by atoms with Gasteiger partial charge in [-0.2, -0.15) is 0 Å². The van der Waals surface area contributed by atoms with Crippen molar-refractivity contribution in [3.05, 3.63) is 53.1 Å². The molecule has 4 rings (SSSR count). The highest BCUT2D eigenvalue weighted by Gasteiger charge is 2.20. The molecule has 1 atom stereocenters. The fourth-order valence-electron chi connectivity index (χ4n) is 4.04. The molecule has 2 aromatic rings. The van der Waals surface area contributed by atoms with E-state index in [1.807, 2.05) is 31.2 Å². The molecule has 1 aliphatic carbocycles. The van der Waals surface area contributed by atoms with E-state index in [-0.39, 0.29) is 18.6 Å². The minimum atomic E-state index is -0.109. The molecule has 1 amide bonds. The van der Waals surface area contributed by atoms with Crippen molar-refractivity contribution in [3.8, 4) is 5.75 Å². The summed E-state index contributed by atoms with van der Waals surface area (Å²) >= 11 is 0. The number of amides is 1. The maximum atomic E-state index is 12.7. The van der Waals surface area contributed by atoms with Gasteiger partial charge in [-0.15, -0.1) is 0 Å². The smallest absolute Gasteiger partial charge is 0.255 e. The second kappa shape index (κ2) is 7.61. The highest BCUT2D eigenvalue weighted by atomic mass is 16.5. The SMILES string of the molecule is Cc1cc(C2CCCC2)ccc1C(=O)Nc1ccc2c(c1)OCC(CO)N2. The van der Waals surface area contributed by atoms with Crippen molar-refractivity contribution in [2.24, 2.45) is 0 Å². The number of rotatable bonds is 4. The summed E-state index contributed by atoms with van der Waals surface area (Å²) in [6.07, 6.45) is 5.12. The first-order valence-electron chi connectivity index (χ1n) is 9.70. The summed E-state index contributed by atoms with van der Waals surface area (Å²) in [7, 11) is 0. The minimum absolute atomic E-state index is 0.0219. The van der Waals surface area contributed by atoms with Crippen molar-refractivity contribution in [2.75, 3.05) is 23.8 Å². The lowest BCUT2D eigenvalue weighted by Crippen LogP contribution is -2.34. The summed E-state index contributed by atoms with van der Waals surface area (Å²) in [5.74, 6) is 1.22. The van der Waals surface area contributed by atoms with Crippen LogP contribution in [0.1, 0.15) is 53.1 Å². The topological polar surface area (TPSA) is 70.6 Å². The number of anilines is 2. The molecule has 1 aliphatic heterocycles. The van der Waals surface area contributed by atoms with Crippen LogP contribution in [0.2, 0.25) is 0 Å². The molecule has 142 valence electrons. The number of hydrogen-bond donors (Lipinski definition) is 3. The van der Waals surface area contributed by atoms with Crippen LogP contribution in [0.4, 0.5) is 11.4 Å². The number of carbonyl (C=O) groups excluding carboxylic acids is 1. The van der Waals surface area contributed by atoms with Crippen molar-refractivity contribution < 1.29 is 14.6 Å². The van der Waals surface area contributed by atoms with Gasteiger partial charge in [0.2, 0.25) is 0 Å². The Morgan fingerprint density at radius 1 is 1.22 bits per heavy atom. The number of aliphatic hydroxyl groups is 1. The van der Waals surface area contributed by atoms with Gasteiger partial charge in [-0.25, -0.2) is 0 Å². The summed E-state index contributed by atoms with van der Waals surface area (Å²) in [5.41, 5.74) is 4.60. The maximum absolute atomic E-state index is 12.7. The summed E-state index contributed by atoms with van der Waals surface area (Å²) in [6.45, 7) is 2.43. The van der Waals surface area contributed by atoms with Gasteiger partial charge in [-0.05, 0) is 55.0 Å². The van der Waals surface area contributed by atoms with Crippen LogP contribution in [-0.2, 0) is 0 Å². The molecule has 27 heavy (non-hydrogen) atoms. The molecule has 2 aromatic carbocycles. The van der Waals surface area contributed by atoms with Crippen molar-refractivity contribution in [1.29, 1.82) is 0 Å². The van der Waals surface area contributed by atoms with Gasteiger partial charge >= 0.3 is 0 Å². The lowest BCUT2D eigenvalue weighted by atomic mass is 9.94. The summed E-state index contributed by atoms with van der Waals surface area (Å²) in [4.78, 5) is 12.7. The number of hydrogen-bond acceptors (Lipinski definition) is 4.